The predicted octanol–water partition coefficient (Wildman–Crippen LogP) is 1.57. The predicted molar refractivity (Wildman–Crippen MR) is 75.6 cm³/mol. The molecule has 0 bridgehead atoms. The van der Waals surface area contributed by atoms with Gasteiger partial charge in [0.1, 0.15) is 0 Å². The number of carbonyl (C=O) groups excluding carboxylic acids is 1. The van der Waals surface area contributed by atoms with Crippen LogP contribution in [-0.2, 0) is 11.2 Å². The van der Waals surface area contributed by atoms with Gasteiger partial charge >= 0.3 is 0 Å². The topological polar surface area (TPSA) is 66.6 Å². The Morgan fingerprint density at radius 2 is 2.21 bits per heavy atom. The molecule has 1 aliphatic rings. The molecule has 0 saturated heterocycles. The van der Waals surface area contributed by atoms with Crippen molar-refractivity contribution in [3.05, 3.63) is 29.8 Å². The minimum absolute atomic E-state index is 0.134. The number of benzene rings is 1. The highest BCUT2D eigenvalue weighted by molar-refractivity contribution is 5.79. The van der Waals surface area contributed by atoms with E-state index in [1.165, 1.54) is 6.42 Å². The monoisotopic (exact) mass is 262 g/mol. The Balaban J connectivity index is 1.98. The maximum Gasteiger partial charge on any atom is 0.227 e. The van der Waals surface area contributed by atoms with Crippen molar-refractivity contribution in [3.8, 4) is 0 Å². The molecule has 1 fully saturated rings. The second-order valence-electron chi connectivity index (χ2n) is 5.17. The molecular weight excluding hydrogens is 240 g/mol. The number of aliphatic hydroxyl groups is 1. The molecule has 0 unspecified atom stereocenters. The van der Waals surface area contributed by atoms with Gasteiger partial charge in [0.15, 0.2) is 0 Å². The van der Waals surface area contributed by atoms with Gasteiger partial charge < -0.3 is 15.7 Å². The first-order valence-corrected chi connectivity index (χ1v) is 6.95. The summed E-state index contributed by atoms with van der Waals surface area (Å²) < 4.78 is 0. The fraction of sp³-hybridized carbons (Fsp3) is 0.533. The molecule has 1 aliphatic carbocycles. The van der Waals surface area contributed by atoms with E-state index < -0.39 is 0 Å². The highest BCUT2D eigenvalue weighted by atomic mass is 16.3. The van der Waals surface area contributed by atoms with Crippen LogP contribution in [0.5, 0.6) is 0 Å². The number of nitrogens with zero attached hydrogens (tertiary/aromatic N) is 1. The van der Waals surface area contributed by atoms with Gasteiger partial charge in [-0.1, -0.05) is 12.1 Å². The minimum Gasteiger partial charge on any atom is -0.399 e. The number of hydrogen-bond donors (Lipinski definition) is 2. The smallest absolute Gasteiger partial charge is 0.227 e. The van der Waals surface area contributed by atoms with Crippen LogP contribution in [0, 0.1) is 0 Å². The van der Waals surface area contributed by atoms with Crippen LogP contribution in [-0.4, -0.2) is 35.1 Å². The highest BCUT2D eigenvalue weighted by Crippen LogP contribution is 2.25. The quantitative estimate of drug-likeness (QED) is 0.765. The molecule has 0 spiro atoms. The van der Waals surface area contributed by atoms with Gasteiger partial charge in [-0.3, -0.25) is 4.79 Å². The lowest BCUT2D eigenvalue weighted by atomic mass is 9.91. The lowest BCUT2D eigenvalue weighted by Crippen LogP contribution is -2.45. The van der Waals surface area contributed by atoms with E-state index >= 15 is 0 Å². The summed E-state index contributed by atoms with van der Waals surface area (Å²) >= 11 is 0. The number of aliphatic hydroxyl groups excluding tert-OH is 1. The standard InChI is InChI=1S/C15H22N2O2/c16-13-5-1-4-12(10-13)11-15(19)17(8-3-9-18)14-6-2-7-14/h1,4-5,10,14,18H,2-3,6-9,11,16H2. The molecule has 1 aromatic rings. The fourth-order valence-corrected chi connectivity index (χ4v) is 2.43. The summed E-state index contributed by atoms with van der Waals surface area (Å²) in [5, 5.41) is 8.94. The number of hydrogen-bond acceptors (Lipinski definition) is 3. The van der Waals surface area contributed by atoms with Crippen molar-refractivity contribution in [2.24, 2.45) is 0 Å². The van der Waals surface area contributed by atoms with Crippen LogP contribution in [0.15, 0.2) is 24.3 Å². The molecule has 0 heterocycles. The van der Waals surface area contributed by atoms with Gasteiger partial charge in [0.25, 0.3) is 0 Å². The number of nitrogen functional groups attached to an aromatic ring is 1. The van der Waals surface area contributed by atoms with Gasteiger partial charge in [-0.15, -0.1) is 0 Å². The lowest BCUT2D eigenvalue weighted by molar-refractivity contribution is -0.134. The lowest BCUT2D eigenvalue weighted by Gasteiger charge is -2.37. The molecule has 0 atom stereocenters. The zero-order valence-corrected chi connectivity index (χ0v) is 11.2. The minimum atomic E-state index is 0.134. The normalized spacial score (nSPS) is 15.0. The summed E-state index contributed by atoms with van der Waals surface area (Å²) in [7, 11) is 0. The van der Waals surface area contributed by atoms with Gasteiger partial charge in [-0.05, 0) is 43.4 Å². The SMILES string of the molecule is Nc1cccc(CC(=O)N(CCCO)C2CCC2)c1. The average molecular weight is 262 g/mol. The Kier molecular flexibility index (Phi) is 4.80. The van der Waals surface area contributed by atoms with Crippen molar-refractivity contribution in [1.82, 2.24) is 4.90 Å². The molecular formula is C15H22N2O2. The zero-order chi connectivity index (χ0) is 13.7. The summed E-state index contributed by atoms with van der Waals surface area (Å²) in [5.41, 5.74) is 7.38. The van der Waals surface area contributed by atoms with E-state index in [1.807, 2.05) is 29.2 Å². The summed E-state index contributed by atoms with van der Waals surface area (Å²) in [5.74, 6) is 0.142. The third-order valence-corrected chi connectivity index (χ3v) is 3.70. The number of anilines is 1. The van der Waals surface area contributed by atoms with Crippen LogP contribution in [0.1, 0.15) is 31.2 Å². The molecule has 2 rings (SSSR count). The number of nitrogens with two attached hydrogens (primary N) is 1. The summed E-state index contributed by atoms with van der Waals surface area (Å²) in [6, 6.07) is 7.85. The molecule has 3 N–H and O–H groups in total. The Morgan fingerprint density at radius 1 is 1.42 bits per heavy atom. The molecule has 0 radical (unpaired) electrons. The Labute approximate surface area is 114 Å². The van der Waals surface area contributed by atoms with Gasteiger partial charge in [0.2, 0.25) is 5.91 Å². The highest BCUT2D eigenvalue weighted by Gasteiger charge is 2.28. The molecule has 4 heteroatoms. The van der Waals surface area contributed by atoms with Crippen molar-refractivity contribution in [1.29, 1.82) is 0 Å². The van der Waals surface area contributed by atoms with Crippen LogP contribution in [0.3, 0.4) is 0 Å². The Morgan fingerprint density at radius 3 is 2.79 bits per heavy atom. The van der Waals surface area contributed by atoms with Gasteiger partial charge in [0.05, 0.1) is 6.42 Å². The van der Waals surface area contributed by atoms with Gasteiger partial charge in [-0.25, -0.2) is 0 Å². The van der Waals surface area contributed by atoms with Crippen molar-refractivity contribution in [2.45, 2.75) is 38.1 Å². The first kappa shape index (κ1) is 13.9. The zero-order valence-electron chi connectivity index (χ0n) is 11.2. The fourth-order valence-electron chi connectivity index (χ4n) is 2.43. The van der Waals surface area contributed by atoms with Crippen molar-refractivity contribution < 1.29 is 9.90 Å². The third kappa shape index (κ3) is 3.70. The summed E-state index contributed by atoms with van der Waals surface area (Å²) in [6.07, 6.45) is 4.43. The van der Waals surface area contributed by atoms with E-state index in [2.05, 4.69) is 0 Å². The van der Waals surface area contributed by atoms with E-state index in [1.54, 1.807) is 0 Å². The summed E-state index contributed by atoms with van der Waals surface area (Å²) in [6.45, 7) is 0.789. The number of rotatable bonds is 6. The molecule has 1 aromatic carbocycles. The maximum absolute atomic E-state index is 12.4. The van der Waals surface area contributed by atoms with E-state index in [0.29, 0.717) is 31.1 Å². The van der Waals surface area contributed by atoms with Crippen molar-refractivity contribution >= 4 is 11.6 Å². The Bertz CT molecular complexity index is 430. The third-order valence-electron chi connectivity index (χ3n) is 3.70. The summed E-state index contributed by atoms with van der Waals surface area (Å²) in [4.78, 5) is 14.3. The maximum atomic E-state index is 12.4. The number of amides is 1. The first-order chi connectivity index (χ1) is 9.20. The Hall–Kier alpha value is -1.55. The van der Waals surface area contributed by atoms with Crippen LogP contribution < -0.4 is 5.73 Å². The first-order valence-electron chi connectivity index (χ1n) is 6.95. The molecule has 0 aromatic heterocycles. The molecule has 19 heavy (non-hydrogen) atoms. The van der Waals surface area contributed by atoms with Crippen LogP contribution in [0.4, 0.5) is 5.69 Å². The second kappa shape index (κ2) is 6.57. The second-order valence-corrected chi connectivity index (χ2v) is 5.17. The van der Waals surface area contributed by atoms with Gasteiger partial charge in [-0.2, -0.15) is 0 Å². The van der Waals surface area contributed by atoms with Gasteiger partial charge in [0, 0.05) is 24.9 Å². The van der Waals surface area contributed by atoms with E-state index in [4.69, 9.17) is 10.8 Å². The van der Waals surface area contributed by atoms with Crippen LogP contribution in [0.2, 0.25) is 0 Å². The molecule has 4 nitrogen and oxygen atoms in total. The van der Waals surface area contributed by atoms with Crippen LogP contribution >= 0.6 is 0 Å². The molecule has 0 aliphatic heterocycles. The van der Waals surface area contributed by atoms with E-state index in [-0.39, 0.29) is 12.5 Å². The van der Waals surface area contributed by atoms with Crippen LogP contribution in [0.25, 0.3) is 0 Å². The van der Waals surface area contributed by atoms with Crippen molar-refractivity contribution in [2.75, 3.05) is 18.9 Å². The molecule has 104 valence electrons. The average Bonchev–Trinajstić information content (AvgIpc) is 2.31. The number of carbonyl (C=O) groups is 1. The van der Waals surface area contributed by atoms with E-state index in [0.717, 1.165) is 18.4 Å². The molecule has 1 saturated carbocycles. The largest absolute Gasteiger partial charge is 0.399 e. The van der Waals surface area contributed by atoms with Crippen molar-refractivity contribution in [3.63, 3.8) is 0 Å². The van der Waals surface area contributed by atoms with E-state index in [9.17, 15) is 4.79 Å². The molecule has 1 amide bonds.